The number of carbonyl (C=O) groups excluding carboxylic acids is 1. The minimum atomic E-state index is -0.317. The van der Waals surface area contributed by atoms with E-state index in [4.69, 9.17) is 23.2 Å². The third kappa shape index (κ3) is 3.08. The van der Waals surface area contributed by atoms with E-state index >= 15 is 0 Å². The Bertz CT molecular complexity index is 1100. The van der Waals surface area contributed by atoms with Crippen LogP contribution < -0.4 is 0 Å². The van der Waals surface area contributed by atoms with Gasteiger partial charge in [-0.15, -0.1) is 5.10 Å². The molecule has 4 rings (SSSR count). The lowest BCUT2D eigenvalue weighted by Gasteiger charge is -2.28. The molecule has 0 bridgehead atoms. The molecule has 0 radical (unpaired) electrons. The largest absolute Gasteiger partial charge is 0.306 e. The Morgan fingerprint density at radius 1 is 1.18 bits per heavy atom. The van der Waals surface area contributed by atoms with Crippen LogP contribution in [0.1, 0.15) is 46.0 Å². The Balaban J connectivity index is 1.72. The smallest absolute Gasteiger partial charge is 0.259 e. The van der Waals surface area contributed by atoms with Gasteiger partial charge in [-0.1, -0.05) is 34.5 Å². The molecule has 1 amide bonds. The maximum absolute atomic E-state index is 13.0. The maximum atomic E-state index is 13.0. The highest BCUT2D eigenvalue weighted by molar-refractivity contribution is 6.43. The maximum Gasteiger partial charge on any atom is 0.259 e. The van der Waals surface area contributed by atoms with Gasteiger partial charge in [0.15, 0.2) is 5.82 Å². The first-order chi connectivity index (χ1) is 13.4. The van der Waals surface area contributed by atoms with Crippen molar-refractivity contribution in [3.63, 3.8) is 0 Å². The summed E-state index contributed by atoms with van der Waals surface area (Å²) in [6.45, 7) is 5.84. The number of carbonyl (C=O) groups is 1. The molecule has 2 aromatic heterocycles. The number of fused-ring (bicyclic) bond motifs is 1. The van der Waals surface area contributed by atoms with Crippen LogP contribution in [0.15, 0.2) is 36.5 Å². The van der Waals surface area contributed by atoms with E-state index in [1.54, 1.807) is 34.0 Å². The van der Waals surface area contributed by atoms with Crippen molar-refractivity contribution in [1.82, 2.24) is 24.9 Å². The summed E-state index contributed by atoms with van der Waals surface area (Å²) in [6.07, 6.45) is 3.53. The van der Waals surface area contributed by atoms with E-state index in [1.165, 1.54) is 0 Å². The predicted molar refractivity (Wildman–Crippen MR) is 109 cm³/mol. The quantitative estimate of drug-likeness (QED) is 0.606. The van der Waals surface area contributed by atoms with Gasteiger partial charge in [-0.05, 0) is 56.7 Å². The lowest BCUT2D eigenvalue weighted by atomic mass is 10.1. The van der Waals surface area contributed by atoms with Crippen molar-refractivity contribution in [2.75, 3.05) is 0 Å². The highest BCUT2D eigenvalue weighted by Gasteiger charge is 2.31. The van der Waals surface area contributed by atoms with Crippen molar-refractivity contribution < 1.29 is 4.79 Å². The second-order valence-corrected chi connectivity index (χ2v) is 7.51. The first-order valence-corrected chi connectivity index (χ1v) is 9.48. The molecule has 1 unspecified atom stereocenters. The molecule has 0 fully saturated rings. The van der Waals surface area contributed by atoms with Crippen LogP contribution in [-0.2, 0) is 0 Å². The number of amides is 1. The summed E-state index contributed by atoms with van der Waals surface area (Å²) in [5, 5.41) is 9.16. The van der Waals surface area contributed by atoms with Gasteiger partial charge in [0.2, 0.25) is 0 Å². The fourth-order valence-electron chi connectivity index (χ4n) is 3.32. The minimum Gasteiger partial charge on any atom is -0.306 e. The predicted octanol–water partition coefficient (Wildman–Crippen LogP) is 4.77. The third-order valence-corrected chi connectivity index (χ3v) is 5.48. The summed E-state index contributed by atoms with van der Waals surface area (Å²) in [4.78, 5) is 19.1. The Morgan fingerprint density at radius 3 is 2.71 bits per heavy atom. The van der Waals surface area contributed by atoms with Crippen molar-refractivity contribution in [2.45, 2.75) is 26.8 Å². The molecule has 0 N–H and O–H groups in total. The summed E-state index contributed by atoms with van der Waals surface area (Å²) in [6, 6.07) is 8.64. The third-order valence-electron chi connectivity index (χ3n) is 4.66. The minimum absolute atomic E-state index is 0.239. The number of rotatable bonds is 2. The van der Waals surface area contributed by atoms with Gasteiger partial charge < -0.3 is 4.90 Å². The van der Waals surface area contributed by atoms with Crippen LogP contribution in [0.25, 0.3) is 11.9 Å². The molecule has 142 valence electrons. The van der Waals surface area contributed by atoms with Crippen molar-refractivity contribution >= 4 is 35.2 Å². The zero-order valence-corrected chi connectivity index (χ0v) is 17.0. The number of hydrogen-bond donors (Lipinski definition) is 0. The molecule has 3 heterocycles. The fraction of sp³-hybridized carbons (Fsp3) is 0.200. The zero-order valence-electron chi connectivity index (χ0n) is 15.5. The van der Waals surface area contributed by atoms with E-state index in [0.717, 1.165) is 17.0 Å². The van der Waals surface area contributed by atoms with Crippen molar-refractivity contribution in [2.24, 2.45) is 0 Å². The molecule has 3 aromatic rings. The number of aromatic nitrogens is 4. The lowest BCUT2D eigenvalue weighted by molar-refractivity contribution is 0.0774. The van der Waals surface area contributed by atoms with Gasteiger partial charge in [0, 0.05) is 11.9 Å². The average Bonchev–Trinajstić information content (AvgIpc) is 3.08. The number of benzene rings is 1. The number of nitrogens with zero attached hydrogens (tertiary/aromatic N) is 5. The van der Waals surface area contributed by atoms with Crippen LogP contribution in [0.3, 0.4) is 0 Å². The molecule has 8 heteroatoms. The standard InChI is InChI=1S/C20H17Cl2N5O/c1-11-9-12(2)23-17(10-11)27-16-7-8-26(13(3)19(16)24-25-27)20(28)14-5-4-6-15(21)18(14)22/h4-10,13H,1-3H3. The Labute approximate surface area is 172 Å². The summed E-state index contributed by atoms with van der Waals surface area (Å²) in [7, 11) is 0. The molecule has 1 aliphatic rings. The van der Waals surface area contributed by atoms with E-state index in [-0.39, 0.29) is 17.0 Å². The van der Waals surface area contributed by atoms with Gasteiger partial charge in [0.05, 0.1) is 27.3 Å². The Hall–Kier alpha value is -2.70. The highest BCUT2D eigenvalue weighted by Crippen LogP contribution is 2.33. The number of hydrogen-bond acceptors (Lipinski definition) is 4. The van der Waals surface area contributed by atoms with Gasteiger partial charge in [-0.25, -0.2) is 4.98 Å². The summed E-state index contributed by atoms with van der Waals surface area (Å²) in [5.74, 6) is 0.446. The molecule has 1 aliphatic heterocycles. The van der Waals surface area contributed by atoms with Crippen LogP contribution in [0, 0.1) is 13.8 Å². The SMILES string of the molecule is Cc1cc(C)nc(-n2nnc3c2C=CN(C(=O)c2cccc(Cl)c2Cl)C3C)c1. The summed E-state index contributed by atoms with van der Waals surface area (Å²) < 4.78 is 1.69. The number of pyridine rings is 1. The second kappa shape index (κ2) is 7.04. The second-order valence-electron chi connectivity index (χ2n) is 6.72. The van der Waals surface area contributed by atoms with Crippen LogP contribution in [0.2, 0.25) is 10.0 Å². The Morgan fingerprint density at radius 2 is 1.96 bits per heavy atom. The lowest BCUT2D eigenvalue weighted by Crippen LogP contribution is -2.31. The van der Waals surface area contributed by atoms with E-state index < -0.39 is 0 Å². The first kappa shape index (κ1) is 18.7. The average molecular weight is 414 g/mol. The van der Waals surface area contributed by atoms with Gasteiger partial charge in [-0.3, -0.25) is 4.79 Å². The molecular weight excluding hydrogens is 397 g/mol. The first-order valence-electron chi connectivity index (χ1n) is 8.73. The fourth-order valence-corrected chi connectivity index (χ4v) is 3.70. The topological polar surface area (TPSA) is 63.9 Å². The number of aryl methyl sites for hydroxylation is 2. The molecule has 1 aromatic carbocycles. The van der Waals surface area contributed by atoms with E-state index in [0.29, 0.717) is 22.1 Å². The van der Waals surface area contributed by atoms with Gasteiger partial charge in [0.1, 0.15) is 5.69 Å². The highest BCUT2D eigenvalue weighted by atomic mass is 35.5. The Kier molecular flexibility index (Phi) is 4.69. The van der Waals surface area contributed by atoms with Gasteiger partial charge >= 0.3 is 0 Å². The molecule has 0 aliphatic carbocycles. The van der Waals surface area contributed by atoms with Gasteiger partial charge in [-0.2, -0.15) is 4.68 Å². The van der Waals surface area contributed by atoms with Crippen LogP contribution >= 0.6 is 23.2 Å². The van der Waals surface area contributed by atoms with Crippen molar-refractivity contribution in [1.29, 1.82) is 0 Å². The van der Waals surface area contributed by atoms with Crippen molar-refractivity contribution in [3.05, 3.63) is 74.8 Å². The van der Waals surface area contributed by atoms with E-state index in [9.17, 15) is 4.79 Å². The molecule has 6 nitrogen and oxygen atoms in total. The van der Waals surface area contributed by atoms with E-state index in [1.807, 2.05) is 39.0 Å². The zero-order chi connectivity index (χ0) is 20.0. The van der Waals surface area contributed by atoms with E-state index in [2.05, 4.69) is 15.3 Å². The molecule has 0 spiro atoms. The van der Waals surface area contributed by atoms with Crippen LogP contribution in [0.4, 0.5) is 0 Å². The normalized spacial score (nSPS) is 15.6. The molecule has 1 atom stereocenters. The number of halogens is 2. The summed E-state index contributed by atoms with van der Waals surface area (Å²) in [5.41, 5.74) is 3.82. The van der Waals surface area contributed by atoms with Crippen LogP contribution in [-0.4, -0.2) is 30.8 Å². The molecular formula is C20H17Cl2N5O. The monoisotopic (exact) mass is 413 g/mol. The molecule has 0 saturated carbocycles. The van der Waals surface area contributed by atoms with Gasteiger partial charge in [0.25, 0.3) is 5.91 Å². The summed E-state index contributed by atoms with van der Waals surface area (Å²) >= 11 is 12.3. The van der Waals surface area contributed by atoms with Crippen LogP contribution in [0.5, 0.6) is 0 Å². The van der Waals surface area contributed by atoms with Crippen molar-refractivity contribution in [3.8, 4) is 5.82 Å². The molecule has 0 saturated heterocycles. The molecule has 28 heavy (non-hydrogen) atoms.